The predicted octanol–water partition coefficient (Wildman–Crippen LogP) is 5.02. The Morgan fingerprint density at radius 1 is 1.14 bits per heavy atom. The maximum atomic E-state index is 12.7. The van der Waals surface area contributed by atoms with Crippen molar-refractivity contribution in [2.75, 3.05) is 0 Å². The van der Waals surface area contributed by atoms with Gasteiger partial charge in [-0.2, -0.15) is 13.2 Å². The Kier molecular flexibility index (Phi) is 4.74. The van der Waals surface area contributed by atoms with E-state index in [1.165, 1.54) is 6.07 Å². The van der Waals surface area contributed by atoms with E-state index in [1.807, 2.05) is 25.1 Å². The van der Waals surface area contributed by atoms with Crippen molar-refractivity contribution >= 4 is 15.9 Å². The van der Waals surface area contributed by atoms with Gasteiger partial charge in [0, 0.05) is 10.5 Å². The van der Waals surface area contributed by atoms with Gasteiger partial charge in [0.25, 0.3) is 0 Å². The molecule has 2 rings (SSSR count). The molecule has 0 saturated heterocycles. The van der Waals surface area contributed by atoms with Gasteiger partial charge in [0.1, 0.15) is 0 Å². The van der Waals surface area contributed by atoms with Crippen molar-refractivity contribution in [3.05, 3.63) is 69.2 Å². The van der Waals surface area contributed by atoms with E-state index in [1.54, 1.807) is 6.07 Å². The molecule has 1 unspecified atom stereocenters. The molecule has 2 aromatic rings. The van der Waals surface area contributed by atoms with E-state index in [0.717, 1.165) is 27.7 Å². The summed E-state index contributed by atoms with van der Waals surface area (Å²) in [6.07, 6.45) is -3.96. The Bertz CT molecular complexity index is 638. The summed E-state index contributed by atoms with van der Waals surface area (Å²) in [4.78, 5) is 0. The van der Waals surface area contributed by atoms with Crippen LogP contribution in [-0.4, -0.2) is 0 Å². The van der Waals surface area contributed by atoms with Gasteiger partial charge in [-0.1, -0.05) is 40.2 Å². The van der Waals surface area contributed by atoms with Crippen molar-refractivity contribution in [2.24, 2.45) is 5.73 Å². The van der Waals surface area contributed by atoms with Crippen LogP contribution in [0, 0.1) is 6.92 Å². The molecule has 1 nitrogen and oxygen atoms in total. The Hall–Kier alpha value is -1.33. The molecule has 0 heterocycles. The van der Waals surface area contributed by atoms with Gasteiger partial charge in [-0.25, -0.2) is 0 Å². The third-order valence-corrected chi connectivity index (χ3v) is 3.83. The van der Waals surface area contributed by atoms with Crippen molar-refractivity contribution in [1.29, 1.82) is 0 Å². The average molecular weight is 358 g/mol. The molecule has 0 fully saturated rings. The highest BCUT2D eigenvalue weighted by molar-refractivity contribution is 9.10. The zero-order valence-electron chi connectivity index (χ0n) is 11.4. The molecule has 0 saturated carbocycles. The molecular weight excluding hydrogens is 343 g/mol. The summed E-state index contributed by atoms with van der Waals surface area (Å²) < 4.78 is 39.1. The number of hydrogen-bond donors (Lipinski definition) is 1. The number of hydrogen-bond acceptors (Lipinski definition) is 1. The van der Waals surface area contributed by atoms with E-state index < -0.39 is 11.7 Å². The maximum absolute atomic E-state index is 12.7. The van der Waals surface area contributed by atoms with Crippen molar-refractivity contribution in [1.82, 2.24) is 0 Å². The fourth-order valence-electron chi connectivity index (χ4n) is 2.29. The van der Waals surface area contributed by atoms with Gasteiger partial charge in [-0.15, -0.1) is 0 Å². The Morgan fingerprint density at radius 2 is 1.86 bits per heavy atom. The average Bonchev–Trinajstić information content (AvgIpc) is 2.37. The SMILES string of the molecule is Cc1cc(Br)ccc1C(N)Cc1cccc(C(F)(F)F)c1. The van der Waals surface area contributed by atoms with Gasteiger partial charge >= 0.3 is 6.18 Å². The lowest BCUT2D eigenvalue weighted by Gasteiger charge is -2.16. The Balaban J connectivity index is 2.21. The second-order valence-corrected chi connectivity index (χ2v) is 5.93. The van der Waals surface area contributed by atoms with E-state index in [9.17, 15) is 13.2 Å². The second-order valence-electron chi connectivity index (χ2n) is 5.01. The van der Waals surface area contributed by atoms with E-state index in [0.29, 0.717) is 12.0 Å². The number of benzene rings is 2. The minimum absolute atomic E-state index is 0.332. The molecule has 0 aliphatic heterocycles. The molecule has 1 atom stereocenters. The van der Waals surface area contributed by atoms with Gasteiger partial charge in [-0.3, -0.25) is 0 Å². The monoisotopic (exact) mass is 357 g/mol. The summed E-state index contributed by atoms with van der Waals surface area (Å²) in [5, 5.41) is 0. The normalized spacial score (nSPS) is 13.2. The topological polar surface area (TPSA) is 26.0 Å². The molecule has 5 heteroatoms. The standard InChI is InChI=1S/C16H15BrF3N/c1-10-7-13(17)5-6-14(10)15(21)9-11-3-2-4-12(8-11)16(18,19)20/h2-8,15H,9,21H2,1H3. The molecule has 0 radical (unpaired) electrons. The smallest absolute Gasteiger partial charge is 0.324 e. The molecule has 0 aliphatic rings. The fraction of sp³-hybridized carbons (Fsp3) is 0.250. The lowest BCUT2D eigenvalue weighted by molar-refractivity contribution is -0.137. The van der Waals surface area contributed by atoms with Crippen LogP contribution in [0.2, 0.25) is 0 Å². The van der Waals surface area contributed by atoms with Gasteiger partial charge in [0.2, 0.25) is 0 Å². The molecule has 0 aromatic heterocycles. The van der Waals surface area contributed by atoms with Gasteiger partial charge < -0.3 is 5.73 Å². The van der Waals surface area contributed by atoms with Crippen LogP contribution in [0.5, 0.6) is 0 Å². The summed E-state index contributed by atoms with van der Waals surface area (Å²) in [6.45, 7) is 1.94. The van der Waals surface area contributed by atoms with Crippen LogP contribution in [0.15, 0.2) is 46.9 Å². The highest BCUT2D eigenvalue weighted by atomic mass is 79.9. The zero-order chi connectivity index (χ0) is 15.6. The second kappa shape index (κ2) is 6.20. The summed E-state index contributed by atoms with van der Waals surface area (Å²) in [5.41, 5.74) is 8.04. The number of aryl methyl sites for hydroxylation is 1. The van der Waals surface area contributed by atoms with Gasteiger partial charge in [0.15, 0.2) is 0 Å². The van der Waals surface area contributed by atoms with Crippen molar-refractivity contribution in [2.45, 2.75) is 25.6 Å². The summed E-state index contributed by atoms with van der Waals surface area (Å²) >= 11 is 3.38. The largest absolute Gasteiger partial charge is 0.416 e. The fourth-order valence-corrected chi connectivity index (χ4v) is 2.77. The molecule has 2 N–H and O–H groups in total. The first-order valence-corrected chi connectivity index (χ1v) is 7.24. The molecule has 112 valence electrons. The summed E-state index contributed by atoms with van der Waals surface area (Å²) in [6, 6.07) is 10.7. The van der Waals surface area contributed by atoms with Gasteiger partial charge in [-0.05, 0) is 48.2 Å². The van der Waals surface area contributed by atoms with Crippen LogP contribution in [0.1, 0.15) is 28.3 Å². The third kappa shape index (κ3) is 4.08. The Morgan fingerprint density at radius 3 is 2.48 bits per heavy atom. The third-order valence-electron chi connectivity index (χ3n) is 3.34. The number of nitrogens with two attached hydrogens (primary N) is 1. The van der Waals surface area contributed by atoms with Crippen LogP contribution in [0.4, 0.5) is 13.2 Å². The quantitative estimate of drug-likeness (QED) is 0.819. The molecule has 21 heavy (non-hydrogen) atoms. The van der Waals surface area contributed by atoms with E-state index in [4.69, 9.17) is 5.73 Å². The van der Waals surface area contributed by atoms with E-state index in [-0.39, 0.29) is 6.04 Å². The lowest BCUT2D eigenvalue weighted by atomic mass is 9.95. The first-order chi connectivity index (χ1) is 9.77. The highest BCUT2D eigenvalue weighted by Crippen LogP contribution is 2.30. The summed E-state index contributed by atoms with van der Waals surface area (Å²) in [5.74, 6) is 0. The number of halogens is 4. The predicted molar refractivity (Wildman–Crippen MR) is 81.0 cm³/mol. The molecular formula is C16H15BrF3N. The lowest BCUT2D eigenvalue weighted by Crippen LogP contribution is -2.15. The van der Waals surface area contributed by atoms with Gasteiger partial charge in [0.05, 0.1) is 5.56 Å². The van der Waals surface area contributed by atoms with Crippen LogP contribution in [-0.2, 0) is 12.6 Å². The molecule has 0 spiro atoms. The molecule has 0 bridgehead atoms. The van der Waals surface area contributed by atoms with Crippen LogP contribution < -0.4 is 5.73 Å². The number of rotatable bonds is 3. The highest BCUT2D eigenvalue weighted by Gasteiger charge is 2.30. The summed E-state index contributed by atoms with van der Waals surface area (Å²) in [7, 11) is 0. The van der Waals surface area contributed by atoms with Crippen molar-refractivity contribution in [3.8, 4) is 0 Å². The Labute approximate surface area is 130 Å². The first-order valence-electron chi connectivity index (χ1n) is 6.45. The minimum Gasteiger partial charge on any atom is -0.324 e. The van der Waals surface area contributed by atoms with Crippen LogP contribution in [0.3, 0.4) is 0 Å². The van der Waals surface area contributed by atoms with Crippen LogP contribution in [0.25, 0.3) is 0 Å². The minimum atomic E-state index is -4.33. The first kappa shape index (κ1) is 16.0. The molecule has 0 amide bonds. The van der Waals surface area contributed by atoms with E-state index in [2.05, 4.69) is 15.9 Å². The molecule has 2 aromatic carbocycles. The maximum Gasteiger partial charge on any atom is 0.416 e. The zero-order valence-corrected chi connectivity index (χ0v) is 13.0. The number of alkyl halides is 3. The molecule has 0 aliphatic carbocycles. The van der Waals surface area contributed by atoms with E-state index >= 15 is 0 Å². The van der Waals surface area contributed by atoms with Crippen molar-refractivity contribution in [3.63, 3.8) is 0 Å². The van der Waals surface area contributed by atoms with Crippen LogP contribution >= 0.6 is 15.9 Å². The van der Waals surface area contributed by atoms with Crippen molar-refractivity contribution < 1.29 is 13.2 Å².